The summed E-state index contributed by atoms with van der Waals surface area (Å²) in [5.41, 5.74) is 2.98. The number of sulfonamides is 1. The Balaban J connectivity index is 1.96. The van der Waals surface area contributed by atoms with Crippen molar-refractivity contribution in [2.75, 3.05) is 7.05 Å². The van der Waals surface area contributed by atoms with Gasteiger partial charge in [0.05, 0.1) is 27.5 Å². The first kappa shape index (κ1) is 21.9. The minimum Gasteiger partial charge on any atom is -0.268 e. The predicted octanol–water partition coefficient (Wildman–Crippen LogP) is 4.38. The summed E-state index contributed by atoms with van der Waals surface area (Å²) in [6.07, 6.45) is 0. The Labute approximate surface area is 187 Å². The molecule has 164 valence electrons. The number of hydrogen-bond donors (Lipinski definition) is 0. The van der Waals surface area contributed by atoms with Gasteiger partial charge in [-0.05, 0) is 56.7 Å². The third-order valence-corrected chi connectivity index (χ3v) is 7.68. The van der Waals surface area contributed by atoms with Crippen LogP contribution in [0.15, 0.2) is 82.5 Å². The highest BCUT2D eigenvalue weighted by atomic mass is 32.2. The van der Waals surface area contributed by atoms with Crippen LogP contribution in [-0.4, -0.2) is 29.3 Å². The number of aromatic nitrogens is 2. The minimum atomic E-state index is -3.79. The molecule has 32 heavy (non-hydrogen) atoms. The van der Waals surface area contributed by atoms with Crippen molar-refractivity contribution < 1.29 is 8.42 Å². The molecule has 0 N–H and O–H groups in total. The van der Waals surface area contributed by atoms with Crippen molar-refractivity contribution in [3.8, 4) is 5.69 Å². The number of hydrogen-bond acceptors (Lipinski definition) is 4. The molecule has 0 aliphatic carbocycles. The summed E-state index contributed by atoms with van der Waals surface area (Å²) in [5, 5.41) is 0.483. The molecule has 0 saturated heterocycles. The number of para-hydroxylation sites is 1. The molecule has 1 aromatic heterocycles. The SMILES string of the molecule is Cc1ccc(-n2c(C(C)N(C)S(=O)(=O)c3ccccc3)nc3ccccc3c2=O)c(C)c1. The zero-order chi connectivity index (χ0) is 23.0. The number of nitrogens with zero attached hydrogens (tertiary/aromatic N) is 3. The van der Waals surface area contributed by atoms with E-state index in [0.717, 1.165) is 11.1 Å². The maximum Gasteiger partial charge on any atom is 0.266 e. The van der Waals surface area contributed by atoms with Crippen molar-refractivity contribution in [1.29, 1.82) is 0 Å². The molecule has 0 fully saturated rings. The zero-order valence-electron chi connectivity index (χ0n) is 18.5. The molecule has 3 aromatic carbocycles. The summed E-state index contributed by atoms with van der Waals surface area (Å²) in [4.78, 5) is 18.5. The number of aryl methyl sites for hydroxylation is 2. The van der Waals surface area contributed by atoms with E-state index in [2.05, 4.69) is 0 Å². The summed E-state index contributed by atoms with van der Waals surface area (Å²) >= 11 is 0. The first-order valence-electron chi connectivity index (χ1n) is 10.3. The van der Waals surface area contributed by atoms with E-state index in [4.69, 9.17) is 4.98 Å². The molecule has 4 aromatic rings. The van der Waals surface area contributed by atoms with Gasteiger partial charge in [0, 0.05) is 7.05 Å². The Hall–Kier alpha value is -3.29. The van der Waals surface area contributed by atoms with Crippen LogP contribution < -0.4 is 5.56 Å². The Kier molecular flexibility index (Phi) is 5.71. The second-order valence-electron chi connectivity index (χ2n) is 7.93. The average Bonchev–Trinajstić information content (AvgIpc) is 2.79. The molecule has 0 aliphatic heterocycles. The molecule has 1 unspecified atom stereocenters. The van der Waals surface area contributed by atoms with E-state index >= 15 is 0 Å². The van der Waals surface area contributed by atoms with Crippen LogP contribution >= 0.6 is 0 Å². The van der Waals surface area contributed by atoms with Gasteiger partial charge in [0.15, 0.2) is 0 Å². The van der Waals surface area contributed by atoms with Crippen LogP contribution in [0.1, 0.15) is 29.9 Å². The first-order valence-corrected chi connectivity index (χ1v) is 11.8. The van der Waals surface area contributed by atoms with E-state index in [1.165, 1.54) is 11.4 Å². The van der Waals surface area contributed by atoms with Gasteiger partial charge in [-0.2, -0.15) is 4.31 Å². The van der Waals surface area contributed by atoms with Crippen molar-refractivity contribution in [3.63, 3.8) is 0 Å². The lowest BCUT2D eigenvalue weighted by Crippen LogP contribution is -2.35. The molecule has 0 spiro atoms. The van der Waals surface area contributed by atoms with Crippen molar-refractivity contribution in [1.82, 2.24) is 13.9 Å². The largest absolute Gasteiger partial charge is 0.268 e. The van der Waals surface area contributed by atoms with Crippen molar-refractivity contribution in [3.05, 3.63) is 100 Å². The maximum absolute atomic E-state index is 13.6. The second-order valence-corrected chi connectivity index (χ2v) is 9.93. The molecule has 0 amide bonds. The van der Waals surface area contributed by atoms with E-state index in [0.29, 0.717) is 22.4 Å². The van der Waals surface area contributed by atoms with Crippen LogP contribution in [0.3, 0.4) is 0 Å². The van der Waals surface area contributed by atoms with E-state index < -0.39 is 16.1 Å². The van der Waals surface area contributed by atoms with Gasteiger partial charge in [0.1, 0.15) is 5.82 Å². The lowest BCUT2D eigenvalue weighted by atomic mass is 10.1. The number of fused-ring (bicyclic) bond motifs is 1. The van der Waals surface area contributed by atoms with Gasteiger partial charge in [0.25, 0.3) is 5.56 Å². The van der Waals surface area contributed by atoms with Gasteiger partial charge in [-0.3, -0.25) is 9.36 Å². The fraction of sp³-hybridized carbons (Fsp3) is 0.200. The maximum atomic E-state index is 13.6. The molecule has 7 heteroatoms. The third kappa shape index (κ3) is 3.74. The topological polar surface area (TPSA) is 72.3 Å². The molecule has 0 aliphatic rings. The first-order chi connectivity index (χ1) is 15.2. The van der Waals surface area contributed by atoms with E-state index in [9.17, 15) is 13.2 Å². The van der Waals surface area contributed by atoms with Gasteiger partial charge in [-0.1, -0.05) is 48.0 Å². The van der Waals surface area contributed by atoms with Crippen LogP contribution in [0.4, 0.5) is 0 Å². The molecule has 0 radical (unpaired) electrons. The van der Waals surface area contributed by atoms with Crippen LogP contribution in [0.5, 0.6) is 0 Å². The number of benzene rings is 3. The highest BCUT2D eigenvalue weighted by Crippen LogP contribution is 2.27. The Morgan fingerprint density at radius 1 is 0.938 bits per heavy atom. The highest BCUT2D eigenvalue weighted by molar-refractivity contribution is 7.89. The molecule has 4 rings (SSSR count). The number of rotatable bonds is 5. The van der Waals surface area contributed by atoms with Crippen LogP contribution in [0, 0.1) is 13.8 Å². The summed E-state index contributed by atoms with van der Waals surface area (Å²) in [5.74, 6) is 0.364. The molecule has 0 saturated carbocycles. The predicted molar refractivity (Wildman–Crippen MR) is 127 cm³/mol. The Morgan fingerprint density at radius 2 is 1.59 bits per heavy atom. The monoisotopic (exact) mass is 447 g/mol. The lowest BCUT2D eigenvalue weighted by Gasteiger charge is -2.27. The average molecular weight is 448 g/mol. The van der Waals surface area contributed by atoms with Crippen molar-refractivity contribution in [2.24, 2.45) is 0 Å². The van der Waals surface area contributed by atoms with Crippen LogP contribution in [0.25, 0.3) is 16.6 Å². The summed E-state index contributed by atoms with van der Waals surface area (Å²) in [6, 6.07) is 20.5. The summed E-state index contributed by atoms with van der Waals surface area (Å²) < 4.78 is 29.3. The van der Waals surface area contributed by atoms with Crippen molar-refractivity contribution >= 4 is 20.9 Å². The normalized spacial score (nSPS) is 12.9. The molecule has 6 nitrogen and oxygen atoms in total. The fourth-order valence-electron chi connectivity index (χ4n) is 3.85. The molecule has 1 atom stereocenters. The van der Waals surface area contributed by atoms with E-state index in [-0.39, 0.29) is 10.5 Å². The zero-order valence-corrected chi connectivity index (χ0v) is 19.3. The third-order valence-electron chi connectivity index (χ3n) is 5.73. The minimum absolute atomic E-state index is 0.190. The van der Waals surface area contributed by atoms with E-state index in [1.54, 1.807) is 60.0 Å². The molecular formula is C25H25N3O3S. The Bertz CT molecular complexity index is 1460. The quantitative estimate of drug-likeness (QED) is 0.455. The van der Waals surface area contributed by atoms with Crippen LogP contribution in [0.2, 0.25) is 0 Å². The highest BCUT2D eigenvalue weighted by Gasteiger charge is 2.30. The van der Waals surface area contributed by atoms with Crippen molar-refractivity contribution in [2.45, 2.75) is 31.7 Å². The fourth-order valence-corrected chi connectivity index (χ4v) is 5.19. The van der Waals surface area contributed by atoms with Gasteiger partial charge < -0.3 is 0 Å². The van der Waals surface area contributed by atoms with Gasteiger partial charge >= 0.3 is 0 Å². The Morgan fingerprint density at radius 3 is 2.28 bits per heavy atom. The standard InChI is InChI=1S/C25H25N3O3S/c1-17-14-15-23(18(2)16-17)28-24(26-22-13-9-8-12-21(22)25(28)29)19(3)27(4)32(30,31)20-10-6-5-7-11-20/h5-16,19H,1-4H3. The summed E-state index contributed by atoms with van der Waals surface area (Å²) in [6.45, 7) is 5.67. The molecule has 0 bridgehead atoms. The van der Waals surface area contributed by atoms with Gasteiger partial charge in [-0.15, -0.1) is 0 Å². The molecular weight excluding hydrogens is 422 g/mol. The van der Waals surface area contributed by atoms with Crippen LogP contribution in [-0.2, 0) is 10.0 Å². The molecule has 1 heterocycles. The van der Waals surface area contributed by atoms with Gasteiger partial charge in [0.2, 0.25) is 10.0 Å². The smallest absolute Gasteiger partial charge is 0.266 e. The van der Waals surface area contributed by atoms with E-state index in [1.807, 2.05) is 38.1 Å². The summed E-state index contributed by atoms with van der Waals surface area (Å²) in [7, 11) is -2.28. The second kappa shape index (κ2) is 8.33. The lowest BCUT2D eigenvalue weighted by molar-refractivity contribution is 0.379. The van der Waals surface area contributed by atoms with Gasteiger partial charge in [-0.25, -0.2) is 13.4 Å².